The summed E-state index contributed by atoms with van der Waals surface area (Å²) in [6.45, 7) is 11.3. The minimum atomic E-state index is -3.30. The van der Waals surface area contributed by atoms with Gasteiger partial charge in [-0.2, -0.15) is 0 Å². The predicted molar refractivity (Wildman–Crippen MR) is 169 cm³/mol. The fourth-order valence-electron chi connectivity index (χ4n) is 2.47. The molecule has 236 valence electrons. The van der Waals surface area contributed by atoms with Gasteiger partial charge < -0.3 is 26.7 Å². The van der Waals surface area contributed by atoms with Gasteiger partial charge in [-0.15, -0.1) is 0 Å². The molecule has 0 atom stereocenters. The second-order valence-corrected chi connectivity index (χ2v) is 14.1. The summed E-state index contributed by atoms with van der Waals surface area (Å²) in [6.07, 6.45) is 2.91. The third-order valence-corrected chi connectivity index (χ3v) is 8.89. The minimum Gasteiger partial charge on any atom is -0.384 e. The first-order valence-corrected chi connectivity index (χ1v) is 17.5. The predicted octanol–water partition coefficient (Wildman–Crippen LogP) is 4.92. The number of nitrogens with zero attached hydrogens (tertiary/aromatic N) is 2. The quantitative estimate of drug-likeness (QED) is 0.276. The molecule has 7 N–H and O–H groups in total. The van der Waals surface area contributed by atoms with Crippen molar-refractivity contribution in [3.8, 4) is 0 Å². The van der Waals surface area contributed by atoms with Crippen molar-refractivity contribution >= 4 is 76.2 Å². The molecule has 2 fully saturated rings. The van der Waals surface area contributed by atoms with Gasteiger partial charge in [0.1, 0.15) is 23.3 Å². The van der Waals surface area contributed by atoms with E-state index in [2.05, 4.69) is 14.7 Å². The summed E-state index contributed by atoms with van der Waals surface area (Å²) in [5, 5.41) is 0.365. The fraction of sp³-hybridized carbons (Fsp3) is 0.583. The molecule has 4 rings (SSSR count). The van der Waals surface area contributed by atoms with E-state index in [4.69, 9.17) is 60.6 Å². The van der Waals surface area contributed by atoms with E-state index >= 15 is 0 Å². The van der Waals surface area contributed by atoms with E-state index in [-0.39, 0.29) is 22.1 Å². The first-order chi connectivity index (χ1) is 19.1. The Morgan fingerprint density at radius 3 is 1.34 bits per heavy atom. The third kappa shape index (κ3) is 20.7. The van der Waals surface area contributed by atoms with Crippen LogP contribution in [0.1, 0.15) is 53.4 Å². The van der Waals surface area contributed by atoms with E-state index in [1.165, 1.54) is 24.3 Å². The Kier molecular flexibility index (Phi) is 19.3. The SMILES string of the molecule is CCOCC.CCOCC.Nc1cc(Cl)cc(N)n1.Nc1cc(Cl)cc(NS(=O)(=O)C2CC2)n1.O=S(=O)(Cl)C1CC1. The number of aromatic nitrogens is 2. The van der Waals surface area contributed by atoms with Gasteiger partial charge in [-0.25, -0.2) is 26.8 Å². The van der Waals surface area contributed by atoms with Crippen LogP contribution in [0.25, 0.3) is 0 Å². The van der Waals surface area contributed by atoms with Crippen LogP contribution in [0.3, 0.4) is 0 Å². The lowest BCUT2D eigenvalue weighted by Crippen LogP contribution is -2.18. The molecule has 0 unspecified atom stereocenters. The topological polar surface area (TPSA) is 203 Å². The molecular weight excluding hydrogens is 639 g/mol. The van der Waals surface area contributed by atoms with Gasteiger partial charge in [0.15, 0.2) is 0 Å². The zero-order valence-corrected chi connectivity index (χ0v) is 27.5. The number of ether oxygens (including phenoxy) is 2. The van der Waals surface area contributed by atoms with Crippen LogP contribution in [-0.4, -0.2) is 63.7 Å². The maximum Gasteiger partial charge on any atom is 0.236 e. The number of nitrogens with one attached hydrogen (secondary N) is 1. The summed E-state index contributed by atoms with van der Waals surface area (Å²) in [6, 6.07) is 5.96. The molecule has 0 aromatic carbocycles. The Morgan fingerprint density at radius 1 is 0.732 bits per heavy atom. The van der Waals surface area contributed by atoms with Crippen LogP contribution in [0.5, 0.6) is 0 Å². The van der Waals surface area contributed by atoms with E-state index in [0.29, 0.717) is 34.5 Å². The van der Waals surface area contributed by atoms with Crippen molar-refractivity contribution in [2.24, 2.45) is 0 Å². The maximum atomic E-state index is 11.5. The summed E-state index contributed by atoms with van der Waals surface area (Å²) in [4.78, 5) is 7.54. The monoisotopic (exact) mass is 678 g/mol. The van der Waals surface area contributed by atoms with Crippen LogP contribution in [0.4, 0.5) is 23.3 Å². The highest BCUT2D eigenvalue weighted by atomic mass is 35.7. The Morgan fingerprint density at radius 2 is 1.10 bits per heavy atom. The fourth-order valence-corrected chi connectivity index (χ4v) is 5.46. The second kappa shape index (κ2) is 20.2. The molecule has 0 aliphatic heterocycles. The van der Waals surface area contributed by atoms with Gasteiger partial charge in [0.05, 0.1) is 10.5 Å². The summed E-state index contributed by atoms with van der Waals surface area (Å²) in [5.74, 6) is 1.06. The molecule has 0 saturated heterocycles. The number of anilines is 4. The number of rotatable bonds is 8. The van der Waals surface area contributed by atoms with Crippen LogP contribution in [0.2, 0.25) is 10.0 Å². The van der Waals surface area contributed by atoms with Crippen LogP contribution in [0.15, 0.2) is 24.3 Å². The van der Waals surface area contributed by atoms with Gasteiger partial charge in [0, 0.05) is 53.2 Å². The van der Waals surface area contributed by atoms with Gasteiger partial charge in [-0.3, -0.25) is 4.72 Å². The van der Waals surface area contributed by atoms with Crippen LogP contribution < -0.4 is 21.9 Å². The Balaban J connectivity index is 0.000000530. The summed E-state index contributed by atoms with van der Waals surface area (Å²) in [7, 11) is -1.55. The molecule has 2 saturated carbocycles. The van der Waals surface area contributed by atoms with Crippen molar-refractivity contribution in [1.29, 1.82) is 0 Å². The van der Waals surface area contributed by atoms with E-state index in [0.717, 1.165) is 39.3 Å². The number of halogens is 3. The van der Waals surface area contributed by atoms with Crippen molar-refractivity contribution in [3.63, 3.8) is 0 Å². The molecule has 2 aromatic heterocycles. The summed E-state index contributed by atoms with van der Waals surface area (Å²) < 4.78 is 55.4. The number of nitrogen functional groups attached to an aromatic ring is 3. The average Bonchev–Trinajstić information content (AvgIpc) is 3.72. The van der Waals surface area contributed by atoms with Crippen molar-refractivity contribution in [2.45, 2.75) is 63.9 Å². The van der Waals surface area contributed by atoms with Crippen LogP contribution >= 0.6 is 33.9 Å². The first kappa shape index (κ1) is 39.2. The number of hydrogen-bond acceptors (Lipinski definition) is 11. The Labute approximate surface area is 258 Å². The molecular formula is C24H41Cl3N6O6S2. The first-order valence-electron chi connectivity index (χ1n) is 12.8. The van der Waals surface area contributed by atoms with E-state index < -0.39 is 19.1 Å². The highest BCUT2D eigenvalue weighted by Crippen LogP contribution is 2.31. The highest BCUT2D eigenvalue weighted by molar-refractivity contribution is 8.14. The number of sulfonamides is 1. The zero-order chi connectivity index (χ0) is 31.6. The smallest absolute Gasteiger partial charge is 0.236 e. The molecule has 17 heteroatoms. The van der Waals surface area contributed by atoms with Gasteiger partial charge in [-0.1, -0.05) is 23.2 Å². The molecule has 2 aliphatic carbocycles. The van der Waals surface area contributed by atoms with Crippen LogP contribution in [-0.2, 0) is 28.5 Å². The minimum absolute atomic E-state index is 0.173. The molecule has 0 radical (unpaired) electrons. The number of pyridine rings is 2. The van der Waals surface area contributed by atoms with Gasteiger partial charge in [0.25, 0.3) is 0 Å². The summed E-state index contributed by atoms with van der Waals surface area (Å²) in [5.41, 5.74) is 16.0. The van der Waals surface area contributed by atoms with Crippen LogP contribution in [0, 0.1) is 0 Å². The van der Waals surface area contributed by atoms with Crippen molar-refractivity contribution in [3.05, 3.63) is 34.3 Å². The van der Waals surface area contributed by atoms with Gasteiger partial charge in [0.2, 0.25) is 19.1 Å². The lowest BCUT2D eigenvalue weighted by molar-refractivity contribution is 0.162. The Bertz CT molecular complexity index is 1170. The van der Waals surface area contributed by atoms with Gasteiger partial charge >= 0.3 is 0 Å². The molecule has 0 amide bonds. The van der Waals surface area contributed by atoms with E-state index in [1.807, 2.05) is 27.7 Å². The van der Waals surface area contributed by atoms with E-state index in [1.54, 1.807) is 0 Å². The van der Waals surface area contributed by atoms with Crippen molar-refractivity contribution < 1.29 is 26.3 Å². The van der Waals surface area contributed by atoms with Crippen molar-refractivity contribution in [2.75, 3.05) is 48.4 Å². The van der Waals surface area contributed by atoms with Gasteiger partial charge in [-0.05, 0) is 71.6 Å². The zero-order valence-electron chi connectivity index (χ0n) is 23.6. The second-order valence-electron chi connectivity index (χ2n) is 8.31. The molecule has 2 heterocycles. The third-order valence-electron chi connectivity index (χ3n) is 4.59. The standard InChI is InChI=1S/C8H10ClN3O2S.C5H6ClN3.2C4H10O.C3H5ClO2S/c9-5-3-7(10)11-8(4-5)12-15(13,14)6-1-2-6;6-3-1-4(7)9-5(8)2-3;2*1-3-5-4-2;4-7(5,6)3-1-2-3/h3-4,6H,1-2H2,(H3,10,11,12);1-2H,(H4,7,8,9);2*3-4H2,1-2H3;3H,1-2H2. The molecule has 2 aliphatic rings. The number of hydrogen-bond donors (Lipinski definition) is 4. The average molecular weight is 680 g/mol. The number of nitrogens with two attached hydrogens (primary N) is 3. The normalized spacial score (nSPS) is 13.9. The largest absolute Gasteiger partial charge is 0.384 e. The molecule has 2 aromatic rings. The van der Waals surface area contributed by atoms with E-state index in [9.17, 15) is 16.8 Å². The molecule has 0 spiro atoms. The molecule has 12 nitrogen and oxygen atoms in total. The lowest BCUT2D eigenvalue weighted by atomic mass is 10.4. The Hall–Kier alpha value is -1.81. The van der Waals surface area contributed by atoms with Crippen molar-refractivity contribution in [1.82, 2.24) is 9.97 Å². The summed E-state index contributed by atoms with van der Waals surface area (Å²) >= 11 is 11.3. The molecule has 41 heavy (non-hydrogen) atoms. The maximum absolute atomic E-state index is 11.5. The lowest BCUT2D eigenvalue weighted by Gasteiger charge is -2.06. The molecule has 0 bridgehead atoms. The highest BCUT2D eigenvalue weighted by Gasteiger charge is 2.36.